The summed E-state index contributed by atoms with van der Waals surface area (Å²) < 4.78 is 39.8. The molecule has 0 heterocycles. The first kappa shape index (κ1) is 17.8. The molecular formula is C10H15BrClFN2O2S. The lowest BCUT2D eigenvalue weighted by atomic mass is 10.3. The topological polar surface area (TPSA) is 58.2 Å². The molecule has 0 saturated heterocycles. The molecule has 0 bridgehead atoms. The molecule has 2 N–H and O–H groups in total. The van der Waals surface area contributed by atoms with E-state index >= 15 is 0 Å². The van der Waals surface area contributed by atoms with Gasteiger partial charge in [-0.1, -0.05) is 22.9 Å². The summed E-state index contributed by atoms with van der Waals surface area (Å²) in [6, 6.07) is 3.81. The molecule has 0 aliphatic heterocycles. The number of hydrogen-bond donors (Lipinski definition) is 2. The van der Waals surface area contributed by atoms with Crippen molar-refractivity contribution >= 4 is 38.4 Å². The lowest BCUT2D eigenvalue weighted by Gasteiger charge is -2.08. The molecule has 0 spiro atoms. The Morgan fingerprint density at radius 3 is 2.61 bits per heavy atom. The van der Waals surface area contributed by atoms with E-state index < -0.39 is 15.8 Å². The molecule has 1 aromatic rings. The van der Waals surface area contributed by atoms with Crippen molar-refractivity contribution < 1.29 is 12.8 Å². The molecule has 18 heavy (non-hydrogen) atoms. The van der Waals surface area contributed by atoms with Crippen LogP contribution in [0.1, 0.15) is 6.92 Å². The summed E-state index contributed by atoms with van der Waals surface area (Å²) in [5, 5.41) is 2.97. The fourth-order valence-electron chi connectivity index (χ4n) is 1.21. The van der Waals surface area contributed by atoms with E-state index in [9.17, 15) is 12.8 Å². The van der Waals surface area contributed by atoms with Crippen LogP contribution in [0.15, 0.2) is 27.6 Å². The van der Waals surface area contributed by atoms with Gasteiger partial charge in [0.1, 0.15) is 10.7 Å². The minimum atomic E-state index is -3.79. The molecule has 0 saturated carbocycles. The molecule has 0 unspecified atom stereocenters. The van der Waals surface area contributed by atoms with E-state index in [0.29, 0.717) is 11.0 Å². The zero-order valence-corrected chi connectivity index (χ0v) is 13.0. The molecule has 4 nitrogen and oxygen atoms in total. The van der Waals surface area contributed by atoms with Crippen molar-refractivity contribution in [3.05, 3.63) is 28.5 Å². The standard InChI is InChI=1S/C10H14BrFN2O2S.ClH/c1-2-13-5-6-14-17(15,16)10-7-8(11)3-4-9(10)12;/h3-4,7,13-14H,2,5-6H2,1H3;1H. The first-order valence-corrected chi connectivity index (χ1v) is 7.40. The van der Waals surface area contributed by atoms with Gasteiger partial charge in [-0.25, -0.2) is 17.5 Å². The molecule has 0 fully saturated rings. The van der Waals surface area contributed by atoms with Crippen LogP contribution in [0.3, 0.4) is 0 Å². The maximum atomic E-state index is 13.4. The molecule has 0 aliphatic carbocycles. The summed E-state index contributed by atoms with van der Waals surface area (Å²) >= 11 is 3.11. The van der Waals surface area contributed by atoms with E-state index in [1.165, 1.54) is 12.1 Å². The molecule has 0 amide bonds. The monoisotopic (exact) mass is 360 g/mol. The van der Waals surface area contributed by atoms with E-state index in [4.69, 9.17) is 0 Å². The Hall–Kier alpha value is -0.210. The van der Waals surface area contributed by atoms with Crippen LogP contribution in [0.25, 0.3) is 0 Å². The minimum Gasteiger partial charge on any atom is -0.316 e. The zero-order valence-electron chi connectivity index (χ0n) is 9.74. The number of nitrogens with one attached hydrogen (secondary N) is 2. The van der Waals surface area contributed by atoms with Crippen molar-refractivity contribution in [3.63, 3.8) is 0 Å². The predicted molar refractivity (Wildman–Crippen MR) is 75.1 cm³/mol. The van der Waals surface area contributed by atoms with Gasteiger partial charge in [0.15, 0.2) is 0 Å². The fourth-order valence-corrected chi connectivity index (χ4v) is 2.86. The van der Waals surface area contributed by atoms with Crippen molar-refractivity contribution in [3.8, 4) is 0 Å². The highest BCUT2D eigenvalue weighted by atomic mass is 79.9. The van der Waals surface area contributed by atoms with Crippen LogP contribution in [0.5, 0.6) is 0 Å². The van der Waals surface area contributed by atoms with Gasteiger partial charge in [-0.2, -0.15) is 0 Å². The average molecular weight is 362 g/mol. The summed E-state index contributed by atoms with van der Waals surface area (Å²) in [5.41, 5.74) is 0. The summed E-state index contributed by atoms with van der Waals surface area (Å²) in [7, 11) is -3.79. The van der Waals surface area contributed by atoms with Crippen molar-refractivity contribution in [2.24, 2.45) is 0 Å². The Kier molecular flexibility index (Phi) is 7.97. The summed E-state index contributed by atoms with van der Waals surface area (Å²) in [5.74, 6) is -0.760. The van der Waals surface area contributed by atoms with Crippen LogP contribution in [-0.4, -0.2) is 28.1 Å². The number of benzene rings is 1. The summed E-state index contributed by atoms with van der Waals surface area (Å²) in [4.78, 5) is -0.344. The lowest BCUT2D eigenvalue weighted by Crippen LogP contribution is -2.32. The molecule has 0 aromatic heterocycles. The van der Waals surface area contributed by atoms with E-state index in [0.717, 1.165) is 12.6 Å². The largest absolute Gasteiger partial charge is 0.316 e. The van der Waals surface area contributed by atoms with E-state index in [1.807, 2.05) is 6.92 Å². The van der Waals surface area contributed by atoms with Crippen LogP contribution in [0, 0.1) is 5.82 Å². The van der Waals surface area contributed by atoms with Gasteiger partial charge in [0.05, 0.1) is 0 Å². The Morgan fingerprint density at radius 1 is 1.33 bits per heavy atom. The van der Waals surface area contributed by atoms with E-state index in [1.54, 1.807) is 0 Å². The zero-order chi connectivity index (χ0) is 12.9. The van der Waals surface area contributed by atoms with Gasteiger partial charge in [-0.05, 0) is 24.7 Å². The van der Waals surface area contributed by atoms with Gasteiger partial charge in [-0.15, -0.1) is 12.4 Å². The van der Waals surface area contributed by atoms with Crippen LogP contribution in [-0.2, 0) is 10.0 Å². The van der Waals surface area contributed by atoms with Gasteiger partial charge in [0, 0.05) is 17.6 Å². The van der Waals surface area contributed by atoms with Gasteiger partial charge in [0.2, 0.25) is 10.0 Å². The van der Waals surface area contributed by atoms with Gasteiger partial charge >= 0.3 is 0 Å². The normalized spacial score (nSPS) is 11.1. The summed E-state index contributed by atoms with van der Waals surface area (Å²) in [6.45, 7) is 3.41. The third-order valence-corrected chi connectivity index (χ3v) is 4.00. The Labute approximate surface area is 121 Å². The second kappa shape index (κ2) is 8.06. The summed E-state index contributed by atoms with van der Waals surface area (Å²) in [6.07, 6.45) is 0. The molecule has 1 aromatic carbocycles. The number of hydrogen-bond acceptors (Lipinski definition) is 3. The molecule has 0 atom stereocenters. The second-order valence-electron chi connectivity index (χ2n) is 3.33. The van der Waals surface area contributed by atoms with Crippen molar-refractivity contribution in [2.75, 3.05) is 19.6 Å². The number of rotatable bonds is 6. The van der Waals surface area contributed by atoms with Gasteiger partial charge < -0.3 is 5.32 Å². The molecule has 0 radical (unpaired) electrons. The number of sulfonamides is 1. The number of halogens is 3. The maximum Gasteiger partial charge on any atom is 0.243 e. The molecule has 8 heteroatoms. The Morgan fingerprint density at radius 2 is 2.00 bits per heavy atom. The highest BCUT2D eigenvalue weighted by molar-refractivity contribution is 9.10. The highest BCUT2D eigenvalue weighted by Gasteiger charge is 2.18. The quantitative estimate of drug-likeness (QED) is 0.761. The SMILES string of the molecule is CCNCCNS(=O)(=O)c1cc(Br)ccc1F.Cl. The highest BCUT2D eigenvalue weighted by Crippen LogP contribution is 2.19. The van der Waals surface area contributed by atoms with Crippen LogP contribution in [0.2, 0.25) is 0 Å². The van der Waals surface area contributed by atoms with E-state index in [-0.39, 0.29) is 23.8 Å². The average Bonchev–Trinajstić information content (AvgIpc) is 2.28. The first-order valence-electron chi connectivity index (χ1n) is 5.13. The second-order valence-corrected chi connectivity index (χ2v) is 5.98. The molecular weight excluding hydrogens is 347 g/mol. The van der Waals surface area contributed by atoms with Crippen molar-refractivity contribution in [1.29, 1.82) is 0 Å². The molecule has 0 aliphatic rings. The predicted octanol–water partition coefficient (Wildman–Crippen LogP) is 1.90. The number of likely N-dealkylation sites (N-methyl/N-ethyl adjacent to an activating group) is 1. The third kappa shape index (κ3) is 5.19. The van der Waals surface area contributed by atoms with Crippen LogP contribution >= 0.6 is 28.3 Å². The van der Waals surface area contributed by atoms with Crippen molar-refractivity contribution in [2.45, 2.75) is 11.8 Å². The molecule has 104 valence electrons. The van der Waals surface area contributed by atoms with Gasteiger partial charge in [-0.3, -0.25) is 0 Å². The maximum absolute atomic E-state index is 13.4. The van der Waals surface area contributed by atoms with Gasteiger partial charge in [0.25, 0.3) is 0 Å². The van der Waals surface area contributed by atoms with Crippen LogP contribution in [0.4, 0.5) is 4.39 Å². The third-order valence-electron chi connectivity index (χ3n) is 2.03. The first-order chi connectivity index (χ1) is 7.97. The minimum absolute atomic E-state index is 0. The lowest BCUT2D eigenvalue weighted by molar-refractivity contribution is 0.554. The van der Waals surface area contributed by atoms with E-state index in [2.05, 4.69) is 26.0 Å². The Balaban J connectivity index is 0.00000289. The Bertz CT molecular complexity index is 485. The van der Waals surface area contributed by atoms with Crippen LogP contribution < -0.4 is 10.0 Å². The van der Waals surface area contributed by atoms with Crippen molar-refractivity contribution in [1.82, 2.24) is 10.0 Å². The molecule has 1 rings (SSSR count). The smallest absolute Gasteiger partial charge is 0.243 e. The fraction of sp³-hybridized carbons (Fsp3) is 0.400.